The molecule has 1 heterocycles. The molecule has 2 unspecified atom stereocenters. The van der Waals surface area contributed by atoms with Gasteiger partial charge in [-0.05, 0) is 43.7 Å². The van der Waals surface area contributed by atoms with Gasteiger partial charge in [-0.25, -0.2) is 0 Å². The van der Waals surface area contributed by atoms with Gasteiger partial charge in [-0.3, -0.25) is 0 Å². The molecule has 2 rings (SSSR count). The third-order valence-electron chi connectivity index (χ3n) is 3.78. The quantitative estimate of drug-likeness (QED) is 0.870. The number of rotatable bonds is 3. The van der Waals surface area contributed by atoms with Crippen molar-refractivity contribution in [3.8, 4) is 0 Å². The Hall–Kier alpha value is -0.860. The van der Waals surface area contributed by atoms with Crippen molar-refractivity contribution in [1.29, 1.82) is 0 Å². The maximum absolute atomic E-state index is 10.4. The SMILES string of the molecule is CCc1ccc(C(O)C2(C)CCCCO2)cc1. The predicted molar refractivity (Wildman–Crippen MR) is 69.0 cm³/mol. The van der Waals surface area contributed by atoms with Crippen LogP contribution in [0.4, 0.5) is 0 Å². The molecule has 1 aromatic rings. The average Bonchev–Trinajstić information content (AvgIpc) is 2.39. The molecule has 1 aliphatic heterocycles. The molecule has 0 spiro atoms. The second kappa shape index (κ2) is 5.19. The number of benzene rings is 1. The lowest BCUT2D eigenvalue weighted by molar-refractivity contribution is -0.138. The van der Waals surface area contributed by atoms with Crippen molar-refractivity contribution in [1.82, 2.24) is 0 Å². The zero-order valence-electron chi connectivity index (χ0n) is 10.8. The van der Waals surface area contributed by atoms with Crippen LogP contribution in [0.5, 0.6) is 0 Å². The van der Waals surface area contributed by atoms with Crippen LogP contribution in [0, 0.1) is 0 Å². The molecular weight excluding hydrogens is 212 g/mol. The fourth-order valence-electron chi connectivity index (χ4n) is 2.46. The molecule has 1 saturated heterocycles. The molecule has 1 N–H and O–H groups in total. The van der Waals surface area contributed by atoms with Crippen molar-refractivity contribution < 1.29 is 9.84 Å². The van der Waals surface area contributed by atoms with Crippen molar-refractivity contribution in [3.05, 3.63) is 35.4 Å². The summed E-state index contributed by atoms with van der Waals surface area (Å²) in [6, 6.07) is 8.22. The van der Waals surface area contributed by atoms with E-state index < -0.39 is 11.7 Å². The molecule has 94 valence electrons. The van der Waals surface area contributed by atoms with Gasteiger partial charge in [-0.15, -0.1) is 0 Å². The molecule has 0 aromatic heterocycles. The van der Waals surface area contributed by atoms with E-state index in [0.717, 1.165) is 37.9 Å². The van der Waals surface area contributed by atoms with Crippen LogP contribution >= 0.6 is 0 Å². The van der Waals surface area contributed by atoms with Gasteiger partial charge in [0.05, 0.1) is 5.60 Å². The standard InChI is InChI=1S/C15H22O2/c1-3-12-6-8-13(9-7-12)14(16)15(2)10-4-5-11-17-15/h6-9,14,16H,3-5,10-11H2,1-2H3. The molecule has 2 atom stereocenters. The lowest BCUT2D eigenvalue weighted by Crippen LogP contribution is -2.39. The highest BCUT2D eigenvalue weighted by Gasteiger charge is 2.36. The van der Waals surface area contributed by atoms with Gasteiger partial charge in [0.1, 0.15) is 6.10 Å². The Morgan fingerprint density at radius 3 is 2.53 bits per heavy atom. The molecule has 0 saturated carbocycles. The third kappa shape index (κ3) is 2.70. The van der Waals surface area contributed by atoms with Crippen molar-refractivity contribution >= 4 is 0 Å². The van der Waals surface area contributed by atoms with Crippen molar-refractivity contribution in [2.24, 2.45) is 0 Å². The summed E-state index contributed by atoms with van der Waals surface area (Å²) >= 11 is 0. The highest BCUT2D eigenvalue weighted by atomic mass is 16.5. The van der Waals surface area contributed by atoms with E-state index >= 15 is 0 Å². The number of ether oxygens (including phenoxy) is 1. The highest BCUT2D eigenvalue weighted by molar-refractivity contribution is 5.25. The van der Waals surface area contributed by atoms with Crippen LogP contribution in [0.15, 0.2) is 24.3 Å². The minimum atomic E-state index is -0.520. The molecule has 2 nitrogen and oxygen atoms in total. The molecular formula is C15H22O2. The summed E-state index contributed by atoms with van der Waals surface area (Å²) in [5.74, 6) is 0. The van der Waals surface area contributed by atoms with E-state index in [-0.39, 0.29) is 0 Å². The third-order valence-corrected chi connectivity index (χ3v) is 3.78. The summed E-state index contributed by atoms with van der Waals surface area (Å²) in [5, 5.41) is 10.4. The second-order valence-corrected chi connectivity index (χ2v) is 5.12. The second-order valence-electron chi connectivity index (χ2n) is 5.12. The molecule has 0 aliphatic carbocycles. The minimum Gasteiger partial charge on any atom is -0.385 e. The molecule has 0 amide bonds. The van der Waals surface area contributed by atoms with Gasteiger partial charge in [0, 0.05) is 6.61 Å². The number of aryl methyl sites for hydroxylation is 1. The molecule has 1 fully saturated rings. The smallest absolute Gasteiger partial charge is 0.108 e. The maximum atomic E-state index is 10.4. The van der Waals surface area contributed by atoms with Gasteiger partial charge in [0.15, 0.2) is 0 Å². The molecule has 17 heavy (non-hydrogen) atoms. The molecule has 1 aromatic carbocycles. The monoisotopic (exact) mass is 234 g/mol. The fourth-order valence-corrected chi connectivity index (χ4v) is 2.46. The Balaban J connectivity index is 2.14. The molecule has 0 radical (unpaired) electrons. The average molecular weight is 234 g/mol. The maximum Gasteiger partial charge on any atom is 0.108 e. The van der Waals surface area contributed by atoms with E-state index in [1.807, 2.05) is 19.1 Å². The number of aliphatic hydroxyl groups excluding tert-OH is 1. The van der Waals surface area contributed by atoms with Gasteiger partial charge in [0.2, 0.25) is 0 Å². The first kappa shape index (κ1) is 12.6. The zero-order chi connectivity index (χ0) is 12.3. The first-order chi connectivity index (χ1) is 8.15. The van der Waals surface area contributed by atoms with Crippen LogP contribution in [0.2, 0.25) is 0 Å². The van der Waals surface area contributed by atoms with E-state index in [1.54, 1.807) is 0 Å². The van der Waals surface area contributed by atoms with Crippen LogP contribution in [-0.4, -0.2) is 17.3 Å². The van der Waals surface area contributed by atoms with Gasteiger partial charge >= 0.3 is 0 Å². The fraction of sp³-hybridized carbons (Fsp3) is 0.600. The Labute approximate surface area is 104 Å². The Morgan fingerprint density at radius 2 is 2.00 bits per heavy atom. The first-order valence-corrected chi connectivity index (χ1v) is 6.56. The predicted octanol–water partition coefficient (Wildman–Crippen LogP) is 3.24. The largest absolute Gasteiger partial charge is 0.385 e. The summed E-state index contributed by atoms with van der Waals surface area (Å²) in [4.78, 5) is 0. The summed E-state index contributed by atoms with van der Waals surface area (Å²) in [6.45, 7) is 4.92. The van der Waals surface area contributed by atoms with E-state index in [2.05, 4.69) is 19.1 Å². The Morgan fingerprint density at radius 1 is 1.29 bits per heavy atom. The van der Waals surface area contributed by atoms with E-state index in [0.29, 0.717) is 0 Å². The van der Waals surface area contributed by atoms with Gasteiger partial charge < -0.3 is 9.84 Å². The van der Waals surface area contributed by atoms with Crippen LogP contribution < -0.4 is 0 Å². The van der Waals surface area contributed by atoms with Gasteiger partial charge in [-0.1, -0.05) is 31.2 Å². The van der Waals surface area contributed by atoms with Crippen LogP contribution in [0.3, 0.4) is 0 Å². The zero-order valence-corrected chi connectivity index (χ0v) is 10.8. The molecule has 0 bridgehead atoms. The molecule has 1 aliphatic rings. The van der Waals surface area contributed by atoms with Crippen LogP contribution in [-0.2, 0) is 11.2 Å². The van der Waals surface area contributed by atoms with Crippen LogP contribution in [0.25, 0.3) is 0 Å². The number of hydrogen-bond acceptors (Lipinski definition) is 2. The summed E-state index contributed by atoms with van der Waals surface area (Å²) in [6.07, 6.45) is 3.69. The highest BCUT2D eigenvalue weighted by Crippen LogP contribution is 2.36. The van der Waals surface area contributed by atoms with Gasteiger partial charge in [0.25, 0.3) is 0 Å². The van der Waals surface area contributed by atoms with E-state index in [4.69, 9.17) is 4.74 Å². The topological polar surface area (TPSA) is 29.5 Å². The van der Waals surface area contributed by atoms with Crippen molar-refractivity contribution in [2.45, 2.75) is 51.2 Å². The normalized spacial score (nSPS) is 26.8. The number of aliphatic hydroxyl groups is 1. The number of hydrogen-bond donors (Lipinski definition) is 1. The lowest BCUT2D eigenvalue weighted by atomic mass is 9.86. The Bertz CT molecular complexity index is 350. The molecule has 2 heteroatoms. The summed E-state index contributed by atoms with van der Waals surface area (Å²) in [5.41, 5.74) is 1.86. The summed E-state index contributed by atoms with van der Waals surface area (Å²) < 4.78 is 5.79. The van der Waals surface area contributed by atoms with Crippen LogP contribution in [0.1, 0.15) is 50.3 Å². The summed E-state index contributed by atoms with van der Waals surface area (Å²) in [7, 11) is 0. The van der Waals surface area contributed by atoms with Crippen molar-refractivity contribution in [2.75, 3.05) is 6.61 Å². The minimum absolute atomic E-state index is 0.411. The van der Waals surface area contributed by atoms with Gasteiger partial charge in [-0.2, -0.15) is 0 Å². The van der Waals surface area contributed by atoms with E-state index in [1.165, 1.54) is 5.56 Å². The van der Waals surface area contributed by atoms with E-state index in [9.17, 15) is 5.11 Å². The lowest BCUT2D eigenvalue weighted by Gasteiger charge is -2.38. The van der Waals surface area contributed by atoms with Crippen molar-refractivity contribution in [3.63, 3.8) is 0 Å². The Kier molecular flexibility index (Phi) is 3.85. The first-order valence-electron chi connectivity index (χ1n) is 6.56.